The standard InChI is InChI=1S/C26H32N2O6/c1-4-32-23-17-20(13-14-22(23)33-18-24(29)28-15-9-6-10-16-28)26(31)34-19(2)25(30)27(3)21-11-7-5-8-12-21/h5,7-8,11-14,17,19H,4,6,9-10,15-16,18H2,1-3H3. The molecule has 8 nitrogen and oxygen atoms in total. The summed E-state index contributed by atoms with van der Waals surface area (Å²) in [4.78, 5) is 41.0. The van der Waals surface area contributed by atoms with Gasteiger partial charge in [0.1, 0.15) is 0 Å². The molecule has 3 rings (SSSR count). The third-order valence-corrected chi connectivity index (χ3v) is 5.64. The molecular weight excluding hydrogens is 436 g/mol. The fourth-order valence-electron chi connectivity index (χ4n) is 3.73. The summed E-state index contributed by atoms with van der Waals surface area (Å²) in [6.45, 7) is 5.11. The first-order chi connectivity index (χ1) is 16.4. The Morgan fingerprint density at radius 1 is 0.971 bits per heavy atom. The Balaban J connectivity index is 1.63. The molecule has 34 heavy (non-hydrogen) atoms. The number of anilines is 1. The summed E-state index contributed by atoms with van der Waals surface area (Å²) in [5.41, 5.74) is 0.926. The van der Waals surface area contributed by atoms with Crippen LogP contribution >= 0.6 is 0 Å². The monoisotopic (exact) mass is 468 g/mol. The fraction of sp³-hybridized carbons (Fsp3) is 0.423. The van der Waals surface area contributed by atoms with Crippen molar-refractivity contribution in [3.8, 4) is 11.5 Å². The number of ether oxygens (including phenoxy) is 3. The number of carbonyl (C=O) groups is 3. The van der Waals surface area contributed by atoms with E-state index in [0.717, 1.165) is 32.4 Å². The normalized spacial score (nSPS) is 14.1. The van der Waals surface area contributed by atoms with E-state index < -0.39 is 12.1 Å². The molecule has 0 saturated carbocycles. The number of nitrogens with zero attached hydrogens (tertiary/aromatic N) is 2. The number of likely N-dealkylation sites (N-methyl/N-ethyl adjacent to an activating group) is 1. The zero-order chi connectivity index (χ0) is 24.5. The maximum Gasteiger partial charge on any atom is 0.339 e. The lowest BCUT2D eigenvalue weighted by atomic mass is 10.1. The molecule has 182 valence electrons. The summed E-state index contributed by atoms with van der Waals surface area (Å²) in [6, 6.07) is 13.7. The van der Waals surface area contributed by atoms with Gasteiger partial charge in [0.05, 0.1) is 12.2 Å². The molecule has 0 spiro atoms. The highest BCUT2D eigenvalue weighted by molar-refractivity contribution is 5.98. The molecule has 1 atom stereocenters. The van der Waals surface area contributed by atoms with Crippen LogP contribution in [0, 0.1) is 0 Å². The maximum absolute atomic E-state index is 12.7. The van der Waals surface area contributed by atoms with E-state index in [9.17, 15) is 14.4 Å². The van der Waals surface area contributed by atoms with Gasteiger partial charge in [0, 0.05) is 25.8 Å². The number of piperidine rings is 1. The molecule has 1 unspecified atom stereocenters. The minimum Gasteiger partial charge on any atom is -0.490 e. The van der Waals surface area contributed by atoms with Gasteiger partial charge in [-0.05, 0) is 63.4 Å². The van der Waals surface area contributed by atoms with E-state index >= 15 is 0 Å². The molecule has 0 N–H and O–H groups in total. The number of amides is 2. The van der Waals surface area contributed by atoms with Crippen LogP contribution in [0.3, 0.4) is 0 Å². The molecular formula is C26H32N2O6. The third-order valence-electron chi connectivity index (χ3n) is 5.64. The van der Waals surface area contributed by atoms with Gasteiger partial charge >= 0.3 is 5.97 Å². The van der Waals surface area contributed by atoms with E-state index in [-0.39, 0.29) is 24.0 Å². The lowest BCUT2D eigenvalue weighted by Gasteiger charge is -2.26. The average molecular weight is 469 g/mol. The molecule has 1 saturated heterocycles. The molecule has 1 heterocycles. The van der Waals surface area contributed by atoms with Crippen molar-refractivity contribution in [3.05, 3.63) is 54.1 Å². The molecule has 1 aliphatic heterocycles. The van der Waals surface area contributed by atoms with Crippen LogP contribution in [-0.2, 0) is 14.3 Å². The van der Waals surface area contributed by atoms with Gasteiger partial charge in [0.25, 0.3) is 11.8 Å². The van der Waals surface area contributed by atoms with Crippen molar-refractivity contribution < 1.29 is 28.6 Å². The molecule has 2 aromatic carbocycles. The van der Waals surface area contributed by atoms with Gasteiger partial charge in [-0.15, -0.1) is 0 Å². The Labute approximate surface area is 200 Å². The molecule has 0 radical (unpaired) electrons. The Kier molecular flexibility index (Phi) is 8.90. The number of esters is 1. The van der Waals surface area contributed by atoms with Gasteiger partial charge in [0.15, 0.2) is 24.2 Å². The van der Waals surface area contributed by atoms with Crippen LogP contribution in [0.4, 0.5) is 5.69 Å². The molecule has 1 fully saturated rings. The van der Waals surface area contributed by atoms with Crippen molar-refractivity contribution in [2.75, 3.05) is 38.3 Å². The predicted octanol–water partition coefficient (Wildman–Crippen LogP) is 3.68. The number of carbonyl (C=O) groups excluding carboxylic acids is 3. The fourth-order valence-corrected chi connectivity index (χ4v) is 3.73. The molecule has 2 aromatic rings. The van der Waals surface area contributed by atoms with Crippen molar-refractivity contribution in [1.82, 2.24) is 4.90 Å². The van der Waals surface area contributed by atoms with Crippen molar-refractivity contribution in [3.63, 3.8) is 0 Å². The summed E-state index contributed by atoms with van der Waals surface area (Å²) in [5.74, 6) is -0.360. The van der Waals surface area contributed by atoms with Crippen LogP contribution in [-0.4, -0.2) is 62.1 Å². The van der Waals surface area contributed by atoms with Gasteiger partial charge < -0.3 is 24.0 Å². The Hall–Kier alpha value is -3.55. The van der Waals surface area contributed by atoms with Crippen molar-refractivity contribution in [1.29, 1.82) is 0 Å². The number of likely N-dealkylation sites (tertiary alicyclic amines) is 1. The molecule has 0 aliphatic carbocycles. The first-order valence-corrected chi connectivity index (χ1v) is 11.6. The van der Waals surface area contributed by atoms with E-state index in [1.54, 1.807) is 30.1 Å². The summed E-state index contributed by atoms with van der Waals surface area (Å²) >= 11 is 0. The first kappa shape index (κ1) is 25.1. The Morgan fingerprint density at radius 3 is 2.35 bits per heavy atom. The number of para-hydroxylation sites is 1. The van der Waals surface area contributed by atoms with E-state index in [1.165, 1.54) is 24.0 Å². The van der Waals surface area contributed by atoms with Crippen molar-refractivity contribution in [2.45, 2.75) is 39.2 Å². The van der Waals surface area contributed by atoms with Crippen LogP contribution in [0.25, 0.3) is 0 Å². The predicted molar refractivity (Wildman–Crippen MR) is 128 cm³/mol. The third kappa shape index (κ3) is 6.50. The Bertz CT molecular complexity index is 988. The number of rotatable bonds is 9. The second-order valence-corrected chi connectivity index (χ2v) is 8.10. The smallest absolute Gasteiger partial charge is 0.339 e. The Morgan fingerprint density at radius 2 is 1.68 bits per heavy atom. The van der Waals surface area contributed by atoms with E-state index in [0.29, 0.717) is 23.8 Å². The molecule has 0 aromatic heterocycles. The quantitative estimate of drug-likeness (QED) is 0.522. The van der Waals surface area contributed by atoms with Crippen molar-refractivity contribution >= 4 is 23.5 Å². The highest BCUT2D eigenvalue weighted by Crippen LogP contribution is 2.29. The van der Waals surface area contributed by atoms with E-state index in [1.807, 2.05) is 25.1 Å². The van der Waals surface area contributed by atoms with Gasteiger partial charge in [-0.1, -0.05) is 18.2 Å². The minimum absolute atomic E-state index is 0.0690. The zero-order valence-electron chi connectivity index (χ0n) is 20.0. The van der Waals surface area contributed by atoms with Gasteiger partial charge in [-0.25, -0.2) is 4.79 Å². The molecule has 0 bridgehead atoms. The topological polar surface area (TPSA) is 85.4 Å². The minimum atomic E-state index is -0.980. The average Bonchev–Trinajstić information content (AvgIpc) is 2.87. The largest absolute Gasteiger partial charge is 0.490 e. The van der Waals surface area contributed by atoms with Crippen LogP contribution < -0.4 is 14.4 Å². The van der Waals surface area contributed by atoms with E-state index in [2.05, 4.69) is 0 Å². The SMILES string of the molecule is CCOc1cc(C(=O)OC(C)C(=O)N(C)c2ccccc2)ccc1OCC(=O)N1CCCCC1. The highest BCUT2D eigenvalue weighted by Gasteiger charge is 2.24. The van der Waals surface area contributed by atoms with Crippen LogP contribution in [0.15, 0.2) is 48.5 Å². The zero-order valence-corrected chi connectivity index (χ0v) is 20.0. The lowest BCUT2D eigenvalue weighted by molar-refractivity contribution is -0.134. The summed E-state index contributed by atoms with van der Waals surface area (Å²) < 4.78 is 16.7. The van der Waals surface area contributed by atoms with Gasteiger partial charge in [-0.3, -0.25) is 9.59 Å². The van der Waals surface area contributed by atoms with Crippen LogP contribution in [0.2, 0.25) is 0 Å². The van der Waals surface area contributed by atoms with Crippen LogP contribution in [0.5, 0.6) is 11.5 Å². The molecule has 2 amide bonds. The van der Waals surface area contributed by atoms with Crippen LogP contribution in [0.1, 0.15) is 43.5 Å². The number of hydrogen-bond donors (Lipinski definition) is 0. The maximum atomic E-state index is 12.7. The second-order valence-electron chi connectivity index (χ2n) is 8.10. The number of benzene rings is 2. The summed E-state index contributed by atoms with van der Waals surface area (Å²) in [7, 11) is 1.63. The number of hydrogen-bond acceptors (Lipinski definition) is 6. The summed E-state index contributed by atoms with van der Waals surface area (Å²) in [6.07, 6.45) is 2.18. The second kappa shape index (κ2) is 12.1. The molecule has 8 heteroatoms. The van der Waals surface area contributed by atoms with E-state index in [4.69, 9.17) is 14.2 Å². The van der Waals surface area contributed by atoms with Crippen molar-refractivity contribution in [2.24, 2.45) is 0 Å². The summed E-state index contributed by atoms with van der Waals surface area (Å²) in [5, 5.41) is 0. The molecule has 1 aliphatic rings. The van der Waals surface area contributed by atoms with Gasteiger partial charge in [0.2, 0.25) is 0 Å². The lowest BCUT2D eigenvalue weighted by Crippen LogP contribution is -2.38. The van der Waals surface area contributed by atoms with Gasteiger partial charge in [-0.2, -0.15) is 0 Å². The highest BCUT2D eigenvalue weighted by atomic mass is 16.5. The first-order valence-electron chi connectivity index (χ1n) is 11.6.